The highest BCUT2D eigenvalue weighted by Gasteiger charge is 1.98. The van der Waals surface area contributed by atoms with Crippen LogP contribution in [-0.2, 0) is 13.0 Å². The van der Waals surface area contributed by atoms with Crippen molar-refractivity contribution in [2.45, 2.75) is 19.9 Å². The molecular weight excluding hydrogens is 321 g/mol. The molecule has 86 valence electrons. The summed E-state index contributed by atoms with van der Waals surface area (Å²) >= 11 is 1.81. The Morgan fingerprint density at radius 3 is 2.47 bits per heavy atom. The second kappa shape index (κ2) is 7.05. The zero-order chi connectivity index (χ0) is 10.6. The monoisotopic (exact) mass is 339 g/mol. The van der Waals surface area contributed by atoms with Crippen LogP contribution in [0.2, 0.25) is 0 Å². The molecule has 0 saturated heterocycles. The highest BCUT2D eigenvalue weighted by atomic mass is 127. The largest absolute Gasteiger partial charge is 0.370 e. The number of nitrogens with zero attached hydrogens (tertiary/aromatic N) is 2. The Labute approximate surface area is 112 Å². The van der Waals surface area contributed by atoms with E-state index in [1.165, 1.54) is 9.75 Å². The van der Waals surface area contributed by atoms with Crippen LogP contribution in [-0.4, -0.2) is 25.0 Å². The van der Waals surface area contributed by atoms with Gasteiger partial charge in [0.05, 0.1) is 6.54 Å². The van der Waals surface area contributed by atoms with E-state index in [9.17, 15) is 0 Å². The molecule has 0 aromatic carbocycles. The molecule has 0 amide bonds. The van der Waals surface area contributed by atoms with Crippen LogP contribution in [0.15, 0.2) is 17.1 Å². The number of thiophene rings is 1. The standard InChI is InChI=1S/C10H17N3S.HI/c1-4-8-5-6-9(14-8)7-12-10(11)13(2)3;/h5-6H,4,7H2,1-3H3,(H2,11,12);1H. The summed E-state index contributed by atoms with van der Waals surface area (Å²) < 4.78 is 0. The lowest BCUT2D eigenvalue weighted by Gasteiger charge is -2.09. The molecule has 5 heteroatoms. The zero-order valence-electron chi connectivity index (χ0n) is 9.36. The van der Waals surface area contributed by atoms with Gasteiger partial charge in [0.1, 0.15) is 0 Å². The van der Waals surface area contributed by atoms with Gasteiger partial charge in [-0.2, -0.15) is 0 Å². The third-order valence-electron chi connectivity index (χ3n) is 1.92. The Kier molecular flexibility index (Phi) is 6.91. The highest BCUT2D eigenvalue weighted by molar-refractivity contribution is 14.0. The Morgan fingerprint density at radius 1 is 1.40 bits per heavy atom. The first-order valence-electron chi connectivity index (χ1n) is 4.68. The maximum absolute atomic E-state index is 5.68. The maximum atomic E-state index is 5.68. The van der Waals surface area contributed by atoms with Crippen molar-refractivity contribution >= 4 is 41.3 Å². The van der Waals surface area contributed by atoms with Gasteiger partial charge in [0.2, 0.25) is 0 Å². The first-order chi connectivity index (χ1) is 6.63. The van der Waals surface area contributed by atoms with Crippen molar-refractivity contribution < 1.29 is 0 Å². The fourth-order valence-corrected chi connectivity index (χ4v) is 1.88. The summed E-state index contributed by atoms with van der Waals surface area (Å²) in [4.78, 5) is 8.76. The summed E-state index contributed by atoms with van der Waals surface area (Å²) in [5.74, 6) is 0.580. The average molecular weight is 339 g/mol. The molecule has 15 heavy (non-hydrogen) atoms. The maximum Gasteiger partial charge on any atom is 0.191 e. The quantitative estimate of drug-likeness (QED) is 0.522. The Bertz CT molecular complexity index is 320. The second-order valence-electron chi connectivity index (χ2n) is 3.29. The minimum absolute atomic E-state index is 0. The van der Waals surface area contributed by atoms with E-state index in [1.54, 1.807) is 11.3 Å². The van der Waals surface area contributed by atoms with Crippen molar-refractivity contribution in [3.63, 3.8) is 0 Å². The molecule has 0 spiro atoms. The predicted octanol–water partition coefficient (Wildman–Crippen LogP) is 2.30. The second-order valence-corrected chi connectivity index (χ2v) is 4.54. The number of hydrogen-bond acceptors (Lipinski definition) is 2. The van der Waals surface area contributed by atoms with Crippen LogP contribution in [0.1, 0.15) is 16.7 Å². The van der Waals surface area contributed by atoms with Crippen LogP contribution < -0.4 is 5.73 Å². The van der Waals surface area contributed by atoms with Gasteiger partial charge in [-0.05, 0) is 18.6 Å². The SMILES string of the molecule is CCc1ccc(CN=C(N)N(C)C)s1.I. The van der Waals surface area contributed by atoms with Crippen LogP contribution >= 0.6 is 35.3 Å². The van der Waals surface area contributed by atoms with Crippen molar-refractivity contribution in [3.8, 4) is 0 Å². The predicted molar refractivity (Wildman–Crippen MR) is 78.1 cm³/mol. The van der Waals surface area contributed by atoms with Gasteiger partial charge in [0.25, 0.3) is 0 Å². The molecule has 0 bridgehead atoms. The molecule has 3 nitrogen and oxygen atoms in total. The van der Waals surface area contributed by atoms with Crippen LogP contribution in [0, 0.1) is 0 Å². The average Bonchev–Trinajstić information content (AvgIpc) is 2.61. The molecule has 0 fully saturated rings. The molecular formula is C10H18IN3S. The third kappa shape index (κ3) is 4.83. The molecule has 1 heterocycles. The van der Waals surface area contributed by atoms with Gasteiger partial charge in [0.15, 0.2) is 5.96 Å². The molecule has 2 N–H and O–H groups in total. The Balaban J connectivity index is 0.00000196. The molecule has 1 aromatic heterocycles. The Hall–Kier alpha value is -0.300. The number of hydrogen-bond donors (Lipinski definition) is 1. The van der Waals surface area contributed by atoms with Crippen molar-refractivity contribution in [1.82, 2.24) is 4.90 Å². The van der Waals surface area contributed by atoms with E-state index < -0.39 is 0 Å². The molecule has 1 rings (SSSR count). The number of halogens is 1. The topological polar surface area (TPSA) is 41.6 Å². The van der Waals surface area contributed by atoms with E-state index >= 15 is 0 Å². The number of guanidine groups is 1. The van der Waals surface area contributed by atoms with Crippen molar-refractivity contribution in [3.05, 3.63) is 21.9 Å². The van der Waals surface area contributed by atoms with Crippen molar-refractivity contribution in [2.75, 3.05) is 14.1 Å². The zero-order valence-corrected chi connectivity index (χ0v) is 12.5. The van der Waals surface area contributed by atoms with Gasteiger partial charge in [-0.3, -0.25) is 0 Å². The number of nitrogens with two attached hydrogens (primary N) is 1. The summed E-state index contributed by atoms with van der Waals surface area (Å²) in [5, 5.41) is 0. The molecule has 0 aliphatic rings. The lowest BCUT2D eigenvalue weighted by Crippen LogP contribution is -2.30. The fraction of sp³-hybridized carbons (Fsp3) is 0.500. The first-order valence-corrected chi connectivity index (χ1v) is 5.50. The molecule has 0 aliphatic carbocycles. The molecule has 0 radical (unpaired) electrons. The molecule has 0 atom stereocenters. The fourth-order valence-electron chi connectivity index (χ4n) is 0.998. The summed E-state index contributed by atoms with van der Waals surface area (Å²) in [6.45, 7) is 2.85. The van der Waals surface area contributed by atoms with Crippen molar-refractivity contribution in [1.29, 1.82) is 0 Å². The molecule has 0 saturated carbocycles. The van der Waals surface area contributed by atoms with Crippen molar-refractivity contribution in [2.24, 2.45) is 10.7 Å². The summed E-state index contributed by atoms with van der Waals surface area (Å²) in [6, 6.07) is 4.28. The van der Waals surface area contributed by atoms with Gasteiger partial charge < -0.3 is 10.6 Å². The van der Waals surface area contributed by atoms with Gasteiger partial charge in [-0.25, -0.2) is 4.99 Å². The smallest absolute Gasteiger partial charge is 0.191 e. The van der Waals surface area contributed by atoms with Gasteiger partial charge >= 0.3 is 0 Å². The van der Waals surface area contributed by atoms with Crippen LogP contribution in [0.3, 0.4) is 0 Å². The van der Waals surface area contributed by atoms with Gasteiger partial charge in [-0.1, -0.05) is 6.92 Å². The minimum Gasteiger partial charge on any atom is -0.370 e. The number of rotatable bonds is 3. The van der Waals surface area contributed by atoms with Crippen LogP contribution in [0.25, 0.3) is 0 Å². The normalized spacial score (nSPS) is 11.0. The lowest BCUT2D eigenvalue weighted by molar-refractivity contribution is 0.609. The minimum atomic E-state index is 0. The van der Waals surface area contributed by atoms with E-state index in [0.717, 1.165) is 6.42 Å². The number of aryl methyl sites for hydroxylation is 1. The summed E-state index contributed by atoms with van der Waals surface area (Å²) in [6.07, 6.45) is 1.09. The molecule has 1 aromatic rings. The highest BCUT2D eigenvalue weighted by Crippen LogP contribution is 2.17. The van der Waals surface area contributed by atoms with E-state index in [0.29, 0.717) is 12.5 Å². The van der Waals surface area contributed by atoms with Gasteiger partial charge in [-0.15, -0.1) is 35.3 Å². The van der Waals surface area contributed by atoms with Gasteiger partial charge in [0, 0.05) is 23.8 Å². The van der Waals surface area contributed by atoms with E-state index in [1.807, 2.05) is 19.0 Å². The van der Waals surface area contributed by atoms with Crippen LogP contribution in [0.5, 0.6) is 0 Å². The van der Waals surface area contributed by atoms with E-state index in [2.05, 4.69) is 24.0 Å². The Morgan fingerprint density at radius 2 is 2.00 bits per heavy atom. The van der Waals surface area contributed by atoms with Crippen LogP contribution in [0.4, 0.5) is 0 Å². The van der Waals surface area contributed by atoms with E-state index in [4.69, 9.17) is 5.73 Å². The third-order valence-corrected chi connectivity index (χ3v) is 3.14. The summed E-state index contributed by atoms with van der Waals surface area (Å²) in [5.41, 5.74) is 5.68. The van der Waals surface area contributed by atoms with E-state index in [-0.39, 0.29) is 24.0 Å². The molecule has 0 unspecified atom stereocenters. The number of aliphatic imine (C=N–C) groups is 1. The summed E-state index contributed by atoms with van der Waals surface area (Å²) in [7, 11) is 3.79. The first kappa shape index (κ1) is 14.7. The lowest BCUT2D eigenvalue weighted by atomic mass is 10.4. The molecule has 0 aliphatic heterocycles.